The SMILES string of the molecule is CC(C#N)C(=O)NC1CN(C(C)C)C1. The van der Waals surface area contributed by atoms with Crippen molar-refractivity contribution in [1.82, 2.24) is 10.2 Å². The molecular weight excluding hydrogens is 178 g/mol. The van der Waals surface area contributed by atoms with Gasteiger partial charge in [-0.25, -0.2) is 0 Å². The number of amides is 1. The summed E-state index contributed by atoms with van der Waals surface area (Å²) in [6.07, 6.45) is 0. The number of hydrogen-bond donors (Lipinski definition) is 1. The van der Waals surface area contributed by atoms with Crippen LogP contribution >= 0.6 is 0 Å². The first-order valence-electron chi connectivity index (χ1n) is 4.98. The van der Waals surface area contributed by atoms with Gasteiger partial charge in [-0.2, -0.15) is 5.26 Å². The summed E-state index contributed by atoms with van der Waals surface area (Å²) in [5.74, 6) is -0.691. The molecular formula is C10H17N3O. The van der Waals surface area contributed by atoms with Gasteiger partial charge in [-0.15, -0.1) is 0 Å². The zero-order valence-electron chi connectivity index (χ0n) is 8.95. The lowest BCUT2D eigenvalue weighted by Gasteiger charge is -2.42. The predicted molar refractivity (Wildman–Crippen MR) is 53.4 cm³/mol. The van der Waals surface area contributed by atoms with E-state index in [2.05, 4.69) is 24.1 Å². The molecule has 0 spiro atoms. The molecule has 0 radical (unpaired) electrons. The molecule has 1 N–H and O–H groups in total. The fourth-order valence-electron chi connectivity index (χ4n) is 1.41. The Morgan fingerprint density at radius 2 is 2.07 bits per heavy atom. The highest BCUT2D eigenvalue weighted by Gasteiger charge is 2.30. The lowest BCUT2D eigenvalue weighted by Crippen LogP contribution is -2.61. The van der Waals surface area contributed by atoms with E-state index in [1.807, 2.05) is 6.07 Å². The van der Waals surface area contributed by atoms with Crippen molar-refractivity contribution < 1.29 is 4.79 Å². The van der Waals surface area contributed by atoms with Crippen LogP contribution in [-0.2, 0) is 4.79 Å². The van der Waals surface area contributed by atoms with E-state index >= 15 is 0 Å². The average molecular weight is 195 g/mol. The van der Waals surface area contributed by atoms with E-state index in [0.29, 0.717) is 6.04 Å². The van der Waals surface area contributed by atoms with Crippen LogP contribution in [0.3, 0.4) is 0 Å². The molecule has 78 valence electrons. The number of nitrogens with zero attached hydrogens (tertiary/aromatic N) is 2. The van der Waals surface area contributed by atoms with E-state index in [1.54, 1.807) is 6.92 Å². The van der Waals surface area contributed by atoms with Gasteiger partial charge in [0.25, 0.3) is 0 Å². The third-order valence-corrected chi connectivity index (χ3v) is 2.57. The van der Waals surface area contributed by atoms with E-state index in [1.165, 1.54) is 0 Å². The van der Waals surface area contributed by atoms with Crippen molar-refractivity contribution in [2.45, 2.75) is 32.9 Å². The quantitative estimate of drug-likeness (QED) is 0.707. The minimum atomic E-state index is -0.539. The second-order valence-corrected chi connectivity index (χ2v) is 4.10. The van der Waals surface area contributed by atoms with Crippen molar-refractivity contribution in [3.63, 3.8) is 0 Å². The molecule has 4 heteroatoms. The molecule has 1 saturated heterocycles. The van der Waals surface area contributed by atoms with Crippen molar-refractivity contribution in [1.29, 1.82) is 5.26 Å². The Morgan fingerprint density at radius 1 is 1.50 bits per heavy atom. The Labute approximate surface area is 84.9 Å². The molecule has 14 heavy (non-hydrogen) atoms. The predicted octanol–water partition coefficient (Wildman–Crippen LogP) is 0.355. The van der Waals surface area contributed by atoms with Gasteiger partial charge in [0.05, 0.1) is 12.1 Å². The minimum absolute atomic E-state index is 0.152. The summed E-state index contributed by atoms with van der Waals surface area (Å²) in [5, 5.41) is 11.4. The monoisotopic (exact) mass is 195 g/mol. The third kappa shape index (κ3) is 2.46. The minimum Gasteiger partial charge on any atom is -0.350 e. The molecule has 0 aromatic carbocycles. The number of nitriles is 1. The van der Waals surface area contributed by atoms with E-state index < -0.39 is 5.92 Å². The van der Waals surface area contributed by atoms with Crippen molar-refractivity contribution in [3.8, 4) is 6.07 Å². The van der Waals surface area contributed by atoms with Gasteiger partial charge < -0.3 is 5.32 Å². The van der Waals surface area contributed by atoms with Crippen molar-refractivity contribution >= 4 is 5.91 Å². The first-order chi connectivity index (χ1) is 6.54. The van der Waals surface area contributed by atoms with Crippen LogP contribution in [0.1, 0.15) is 20.8 Å². The van der Waals surface area contributed by atoms with E-state index in [-0.39, 0.29) is 11.9 Å². The smallest absolute Gasteiger partial charge is 0.237 e. The highest BCUT2D eigenvalue weighted by Crippen LogP contribution is 2.11. The summed E-state index contributed by atoms with van der Waals surface area (Å²) >= 11 is 0. The van der Waals surface area contributed by atoms with Crippen molar-refractivity contribution in [3.05, 3.63) is 0 Å². The molecule has 0 aromatic rings. The van der Waals surface area contributed by atoms with Gasteiger partial charge in [0, 0.05) is 19.1 Å². The summed E-state index contributed by atoms with van der Waals surface area (Å²) in [7, 11) is 0. The van der Waals surface area contributed by atoms with Gasteiger partial charge in [-0.1, -0.05) is 0 Å². The van der Waals surface area contributed by atoms with Crippen LogP contribution in [0.5, 0.6) is 0 Å². The second kappa shape index (κ2) is 4.43. The van der Waals surface area contributed by atoms with Crippen LogP contribution in [0.4, 0.5) is 0 Å². The molecule has 0 bridgehead atoms. The summed E-state index contributed by atoms with van der Waals surface area (Å²) in [4.78, 5) is 13.6. The van der Waals surface area contributed by atoms with Crippen molar-refractivity contribution in [2.75, 3.05) is 13.1 Å². The molecule has 1 atom stereocenters. The van der Waals surface area contributed by atoms with Crippen molar-refractivity contribution in [2.24, 2.45) is 5.92 Å². The first-order valence-corrected chi connectivity index (χ1v) is 4.98. The highest BCUT2D eigenvalue weighted by molar-refractivity contribution is 5.81. The summed E-state index contributed by atoms with van der Waals surface area (Å²) in [6, 6.07) is 2.70. The lowest BCUT2D eigenvalue weighted by molar-refractivity contribution is -0.125. The van der Waals surface area contributed by atoms with Gasteiger partial charge >= 0.3 is 0 Å². The molecule has 0 saturated carbocycles. The normalized spacial score (nSPS) is 19.9. The third-order valence-electron chi connectivity index (χ3n) is 2.57. The van der Waals surface area contributed by atoms with Crippen LogP contribution in [-0.4, -0.2) is 36.0 Å². The van der Waals surface area contributed by atoms with Gasteiger partial charge in [0.2, 0.25) is 5.91 Å². The van der Waals surface area contributed by atoms with Gasteiger partial charge in [0.1, 0.15) is 5.92 Å². The Morgan fingerprint density at radius 3 is 2.50 bits per heavy atom. The zero-order chi connectivity index (χ0) is 10.7. The molecule has 0 aliphatic carbocycles. The maximum Gasteiger partial charge on any atom is 0.237 e. The van der Waals surface area contributed by atoms with Gasteiger partial charge in [-0.3, -0.25) is 9.69 Å². The highest BCUT2D eigenvalue weighted by atomic mass is 16.1. The Balaban J connectivity index is 2.24. The zero-order valence-corrected chi connectivity index (χ0v) is 8.95. The summed E-state index contributed by atoms with van der Waals surface area (Å²) in [6.45, 7) is 7.70. The fourth-order valence-corrected chi connectivity index (χ4v) is 1.41. The topological polar surface area (TPSA) is 56.1 Å². The van der Waals surface area contributed by atoms with Gasteiger partial charge in [0.15, 0.2) is 0 Å². The molecule has 1 aliphatic rings. The number of carbonyl (C=O) groups excluding carboxylic acids is 1. The Kier molecular flexibility index (Phi) is 3.48. The number of nitrogens with one attached hydrogen (secondary N) is 1. The molecule has 1 unspecified atom stereocenters. The number of hydrogen-bond acceptors (Lipinski definition) is 3. The molecule has 1 rings (SSSR count). The standard InChI is InChI=1S/C10H17N3O/c1-7(2)13-5-9(6-13)12-10(14)8(3)4-11/h7-9H,5-6H2,1-3H3,(H,12,14). The van der Waals surface area contributed by atoms with Crippen LogP contribution in [0, 0.1) is 17.2 Å². The molecule has 1 aliphatic heterocycles. The second-order valence-electron chi connectivity index (χ2n) is 4.10. The maximum atomic E-state index is 11.3. The molecule has 1 heterocycles. The summed E-state index contributed by atoms with van der Waals surface area (Å²) < 4.78 is 0. The largest absolute Gasteiger partial charge is 0.350 e. The number of likely N-dealkylation sites (tertiary alicyclic amines) is 1. The van der Waals surface area contributed by atoms with E-state index in [4.69, 9.17) is 5.26 Å². The van der Waals surface area contributed by atoms with Crippen LogP contribution in [0.25, 0.3) is 0 Å². The van der Waals surface area contributed by atoms with Crippen LogP contribution in [0.2, 0.25) is 0 Å². The van der Waals surface area contributed by atoms with Crippen LogP contribution in [0.15, 0.2) is 0 Å². The number of carbonyl (C=O) groups is 1. The Hall–Kier alpha value is -1.08. The van der Waals surface area contributed by atoms with Crippen LogP contribution < -0.4 is 5.32 Å². The molecule has 1 fully saturated rings. The van der Waals surface area contributed by atoms with E-state index in [9.17, 15) is 4.79 Å². The van der Waals surface area contributed by atoms with E-state index in [0.717, 1.165) is 13.1 Å². The first kappa shape index (κ1) is 11.0. The fraction of sp³-hybridized carbons (Fsp3) is 0.800. The lowest BCUT2D eigenvalue weighted by atomic mass is 10.1. The molecule has 1 amide bonds. The Bertz CT molecular complexity index is 251. The van der Waals surface area contributed by atoms with Gasteiger partial charge in [-0.05, 0) is 20.8 Å². The average Bonchev–Trinajstić information content (AvgIpc) is 2.07. The summed E-state index contributed by atoms with van der Waals surface area (Å²) in [5.41, 5.74) is 0. The number of rotatable bonds is 3. The molecule has 4 nitrogen and oxygen atoms in total. The maximum absolute atomic E-state index is 11.3. The molecule has 0 aromatic heterocycles.